The summed E-state index contributed by atoms with van der Waals surface area (Å²) in [5, 5.41) is 9.67. The van der Waals surface area contributed by atoms with E-state index in [1.807, 2.05) is 23.1 Å². The van der Waals surface area contributed by atoms with Gasteiger partial charge in [0.1, 0.15) is 0 Å². The number of benzene rings is 2. The summed E-state index contributed by atoms with van der Waals surface area (Å²) in [4.78, 5) is 14.6. The lowest BCUT2D eigenvalue weighted by Crippen LogP contribution is -2.40. The zero-order valence-electron chi connectivity index (χ0n) is 18.8. The maximum atomic E-state index is 12.8. The zero-order valence-corrected chi connectivity index (χ0v) is 18.8. The maximum absolute atomic E-state index is 12.8. The number of amides is 1. The normalized spacial score (nSPS) is 24.0. The molecular formula is C27H33NO4. The van der Waals surface area contributed by atoms with E-state index in [1.54, 1.807) is 0 Å². The standard InChI is InChI=1S/C27H33NO4/c1-18(24-3-2-4-25-26(24)32-17-31-25)15-19-5-6-22(16-19)20-7-9-21(10-8-20)27(30)28-13-11-23(29)12-14-28/h2-4,7-10,18-19,22-23,29H,5-6,11-17H2,1H3/t18-,19?,22-/m0/s1. The largest absolute Gasteiger partial charge is 0.454 e. The predicted octanol–water partition coefficient (Wildman–Crippen LogP) is 5.09. The van der Waals surface area contributed by atoms with Gasteiger partial charge in [-0.05, 0) is 80.0 Å². The number of ether oxygens (including phenoxy) is 2. The van der Waals surface area contributed by atoms with Crippen molar-refractivity contribution in [2.45, 2.75) is 63.4 Å². The van der Waals surface area contributed by atoms with Gasteiger partial charge in [0.15, 0.2) is 11.5 Å². The third-order valence-electron chi connectivity index (χ3n) is 7.57. The minimum atomic E-state index is -0.261. The molecule has 1 N–H and O–H groups in total. The third-order valence-corrected chi connectivity index (χ3v) is 7.57. The van der Waals surface area contributed by atoms with Crippen LogP contribution in [0.15, 0.2) is 42.5 Å². The third kappa shape index (κ3) is 4.36. The average Bonchev–Trinajstić information content (AvgIpc) is 3.48. The Kier molecular flexibility index (Phi) is 6.09. The van der Waals surface area contributed by atoms with E-state index < -0.39 is 0 Å². The number of aliphatic hydroxyl groups is 1. The lowest BCUT2D eigenvalue weighted by Gasteiger charge is -2.29. The van der Waals surface area contributed by atoms with E-state index in [2.05, 4.69) is 31.2 Å². The van der Waals surface area contributed by atoms with E-state index in [0.29, 0.717) is 50.5 Å². The van der Waals surface area contributed by atoms with Crippen LogP contribution >= 0.6 is 0 Å². The number of likely N-dealkylation sites (tertiary alicyclic amines) is 1. The molecule has 0 radical (unpaired) electrons. The van der Waals surface area contributed by atoms with Crippen LogP contribution < -0.4 is 9.47 Å². The fourth-order valence-electron chi connectivity index (χ4n) is 5.71. The molecule has 2 aromatic rings. The quantitative estimate of drug-likeness (QED) is 0.711. The molecule has 2 aliphatic heterocycles. The number of piperidine rings is 1. The van der Waals surface area contributed by atoms with E-state index in [9.17, 15) is 9.90 Å². The molecule has 5 nitrogen and oxygen atoms in total. The lowest BCUT2D eigenvalue weighted by molar-refractivity contribution is 0.0546. The van der Waals surface area contributed by atoms with E-state index in [0.717, 1.165) is 23.5 Å². The molecule has 5 heteroatoms. The molecule has 32 heavy (non-hydrogen) atoms. The van der Waals surface area contributed by atoms with Gasteiger partial charge in [-0.25, -0.2) is 0 Å². The van der Waals surface area contributed by atoms with Crippen molar-refractivity contribution < 1.29 is 19.4 Å². The Balaban J connectivity index is 1.18. The number of hydrogen-bond acceptors (Lipinski definition) is 4. The van der Waals surface area contributed by atoms with Crippen molar-refractivity contribution in [1.82, 2.24) is 4.90 Å². The van der Waals surface area contributed by atoms with Crippen LogP contribution in [-0.2, 0) is 0 Å². The molecule has 5 rings (SSSR count). The summed E-state index contributed by atoms with van der Waals surface area (Å²) in [7, 11) is 0. The molecular weight excluding hydrogens is 402 g/mol. The van der Waals surface area contributed by atoms with Gasteiger partial charge < -0.3 is 19.5 Å². The Hall–Kier alpha value is -2.53. The van der Waals surface area contributed by atoms with Gasteiger partial charge in [0.25, 0.3) is 5.91 Å². The molecule has 0 spiro atoms. The maximum Gasteiger partial charge on any atom is 0.253 e. The minimum Gasteiger partial charge on any atom is -0.454 e. The molecule has 3 aliphatic rings. The van der Waals surface area contributed by atoms with Crippen molar-refractivity contribution in [3.05, 3.63) is 59.2 Å². The molecule has 170 valence electrons. The zero-order chi connectivity index (χ0) is 22.1. The number of hydrogen-bond donors (Lipinski definition) is 1. The Bertz CT molecular complexity index is 949. The highest BCUT2D eigenvalue weighted by molar-refractivity contribution is 5.94. The molecule has 0 aromatic heterocycles. The highest BCUT2D eigenvalue weighted by Gasteiger charge is 2.29. The SMILES string of the molecule is C[C@@H](CC1CC[C@H](c2ccc(C(=O)N3CCC(O)CC3)cc2)C1)c1cccc2c1OCO2. The molecule has 2 fully saturated rings. The summed E-state index contributed by atoms with van der Waals surface area (Å²) in [6.45, 7) is 3.91. The molecule has 2 aromatic carbocycles. The molecule has 1 saturated heterocycles. The van der Waals surface area contributed by atoms with E-state index >= 15 is 0 Å². The van der Waals surface area contributed by atoms with Crippen LogP contribution in [0.25, 0.3) is 0 Å². The predicted molar refractivity (Wildman–Crippen MR) is 123 cm³/mol. The Morgan fingerprint density at radius 1 is 1.06 bits per heavy atom. The summed E-state index contributed by atoms with van der Waals surface area (Å²) in [6, 6.07) is 14.5. The first-order valence-corrected chi connectivity index (χ1v) is 12.0. The second kappa shape index (κ2) is 9.14. The van der Waals surface area contributed by atoms with Crippen molar-refractivity contribution in [1.29, 1.82) is 0 Å². The van der Waals surface area contributed by atoms with Gasteiger partial charge in [-0.1, -0.05) is 31.2 Å². The Morgan fingerprint density at radius 2 is 1.84 bits per heavy atom. The van der Waals surface area contributed by atoms with Crippen molar-refractivity contribution in [3.63, 3.8) is 0 Å². The first-order chi connectivity index (χ1) is 15.6. The molecule has 3 atom stereocenters. The molecule has 1 aliphatic carbocycles. The number of aliphatic hydroxyl groups excluding tert-OH is 1. The van der Waals surface area contributed by atoms with Crippen molar-refractivity contribution in [3.8, 4) is 11.5 Å². The van der Waals surface area contributed by atoms with Gasteiger partial charge in [0, 0.05) is 24.2 Å². The van der Waals surface area contributed by atoms with Crippen LogP contribution in [0.5, 0.6) is 11.5 Å². The van der Waals surface area contributed by atoms with Crippen LogP contribution in [0.4, 0.5) is 0 Å². The Labute approximate surface area is 190 Å². The lowest BCUT2D eigenvalue weighted by atomic mass is 9.87. The first kappa shape index (κ1) is 21.3. The smallest absolute Gasteiger partial charge is 0.253 e. The van der Waals surface area contributed by atoms with Gasteiger partial charge >= 0.3 is 0 Å². The monoisotopic (exact) mass is 435 g/mol. The number of rotatable bonds is 5. The molecule has 0 bridgehead atoms. The van der Waals surface area contributed by atoms with Gasteiger partial charge in [-0.3, -0.25) is 4.79 Å². The fraction of sp³-hybridized carbons (Fsp3) is 0.519. The number of nitrogens with zero attached hydrogens (tertiary/aromatic N) is 1. The number of carbonyl (C=O) groups excluding carboxylic acids is 1. The van der Waals surface area contributed by atoms with Crippen molar-refractivity contribution in [2.75, 3.05) is 19.9 Å². The van der Waals surface area contributed by atoms with E-state index in [-0.39, 0.29) is 12.0 Å². The minimum absolute atomic E-state index is 0.0863. The van der Waals surface area contributed by atoms with Gasteiger partial charge in [-0.2, -0.15) is 0 Å². The second-order valence-electron chi connectivity index (χ2n) is 9.74. The van der Waals surface area contributed by atoms with Crippen LogP contribution in [0.2, 0.25) is 0 Å². The average molecular weight is 436 g/mol. The first-order valence-electron chi connectivity index (χ1n) is 12.0. The highest BCUT2D eigenvalue weighted by atomic mass is 16.7. The van der Waals surface area contributed by atoms with Gasteiger partial charge in [-0.15, -0.1) is 0 Å². The van der Waals surface area contributed by atoms with Gasteiger partial charge in [0.05, 0.1) is 6.10 Å². The van der Waals surface area contributed by atoms with Crippen LogP contribution in [0.1, 0.15) is 78.8 Å². The summed E-state index contributed by atoms with van der Waals surface area (Å²) >= 11 is 0. The van der Waals surface area contributed by atoms with Crippen molar-refractivity contribution >= 4 is 5.91 Å². The highest BCUT2D eigenvalue weighted by Crippen LogP contribution is 2.45. The van der Waals surface area contributed by atoms with Crippen LogP contribution in [-0.4, -0.2) is 41.9 Å². The summed E-state index contributed by atoms with van der Waals surface area (Å²) in [5.41, 5.74) is 3.37. The van der Waals surface area contributed by atoms with Crippen LogP contribution in [0, 0.1) is 5.92 Å². The number of para-hydroxylation sites is 1. The summed E-state index contributed by atoms with van der Waals surface area (Å²) in [6.07, 6.45) is 5.91. The fourth-order valence-corrected chi connectivity index (χ4v) is 5.71. The van der Waals surface area contributed by atoms with E-state index in [4.69, 9.17) is 9.47 Å². The molecule has 1 saturated carbocycles. The summed E-state index contributed by atoms with van der Waals surface area (Å²) in [5.74, 6) is 3.60. The van der Waals surface area contributed by atoms with E-state index in [1.165, 1.54) is 30.4 Å². The molecule has 1 amide bonds. The second-order valence-corrected chi connectivity index (χ2v) is 9.74. The Morgan fingerprint density at radius 3 is 2.62 bits per heavy atom. The number of carbonyl (C=O) groups is 1. The topological polar surface area (TPSA) is 59.0 Å². The summed E-state index contributed by atoms with van der Waals surface area (Å²) < 4.78 is 11.3. The molecule has 2 heterocycles. The van der Waals surface area contributed by atoms with Gasteiger partial charge in [0.2, 0.25) is 6.79 Å². The molecule has 1 unspecified atom stereocenters. The number of fused-ring (bicyclic) bond motifs is 1. The van der Waals surface area contributed by atoms with Crippen molar-refractivity contribution in [2.24, 2.45) is 5.92 Å². The van der Waals surface area contributed by atoms with Crippen LogP contribution in [0.3, 0.4) is 0 Å².